The number of halogens is 2. The maximum atomic E-state index is 12.6. The van der Waals surface area contributed by atoms with Crippen LogP contribution in [0.15, 0.2) is 42.5 Å². The Labute approximate surface area is 203 Å². The van der Waals surface area contributed by atoms with E-state index in [0.29, 0.717) is 28.5 Å². The molecule has 4 N–H and O–H groups in total. The zero-order valence-corrected chi connectivity index (χ0v) is 19.7. The van der Waals surface area contributed by atoms with E-state index in [0.717, 1.165) is 37.3 Å². The van der Waals surface area contributed by atoms with Gasteiger partial charge in [-0.1, -0.05) is 35.3 Å². The fraction of sp³-hybridized carbons (Fsp3) is 0.417. The van der Waals surface area contributed by atoms with Gasteiger partial charge in [-0.05, 0) is 61.6 Å². The Morgan fingerprint density at radius 1 is 1.00 bits per heavy atom. The molecule has 0 saturated carbocycles. The molecule has 2 aromatic rings. The molecule has 0 spiro atoms. The van der Waals surface area contributed by atoms with Gasteiger partial charge in [0.15, 0.2) is 6.61 Å². The van der Waals surface area contributed by atoms with E-state index in [2.05, 4.69) is 27.7 Å². The number of piperidine rings is 1. The van der Waals surface area contributed by atoms with Crippen LogP contribution in [0.1, 0.15) is 31.2 Å². The number of hydrogen-bond donors (Lipinski definition) is 3. The molecular formula is C24H28Cl2N4O3. The third kappa shape index (κ3) is 6.18. The Kier molecular flexibility index (Phi) is 7.75. The molecule has 9 heteroatoms. The SMILES string of the molecule is NCC(=O)Nc1cc(Cl)ccc1OCC(=O)NC1C[C@H]2CC[C@@H](C1)N2Cc1ccc(Cl)cc1. The number of rotatable bonds is 8. The predicted molar refractivity (Wildman–Crippen MR) is 130 cm³/mol. The highest BCUT2D eigenvalue weighted by molar-refractivity contribution is 6.31. The molecule has 4 rings (SSSR count). The maximum Gasteiger partial charge on any atom is 0.258 e. The molecule has 7 nitrogen and oxygen atoms in total. The van der Waals surface area contributed by atoms with Gasteiger partial charge in [0, 0.05) is 34.7 Å². The number of nitrogens with two attached hydrogens (primary N) is 1. The highest BCUT2D eigenvalue weighted by Gasteiger charge is 2.40. The van der Waals surface area contributed by atoms with E-state index in [4.69, 9.17) is 33.7 Å². The first-order valence-corrected chi connectivity index (χ1v) is 11.9. The second-order valence-corrected chi connectivity index (χ2v) is 9.47. The fourth-order valence-electron chi connectivity index (χ4n) is 4.79. The van der Waals surface area contributed by atoms with E-state index >= 15 is 0 Å². The Bertz CT molecular complexity index is 988. The summed E-state index contributed by atoms with van der Waals surface area (Å²) in [6, 6.07) is 13.9. The van der Waals surface area contributed by atoms with E-state index in [1.807, 2.05) is 12.1 Å². The summed E-state index contributed by atoms with van der Waals surface area (Å²) >= 11 is 12.0. The van der Waals surface area contributed by atoms with E-state index in [1.54, 1.807) is 18.2 Å². The number of benzene rings is 2. The van der Waals surface area contributed by atoms with Gasteiger partial charge in [-0.3, -0.25) is 14.5 Å². The summed E-state index contributed by atoms with van der Waals surface area (Å²) in [5, 5.41) is 6.95. The van der Waals surface area contributed by atoms with Crippen molar-refractivity contribution in [3.05, 3.63) is 58.1 Å². The van der Waals surface area contributed by atoms with Crippen LogP contribution in [0.2, 0.25) is 10.0 Å². The van der Waals surface area contributed by atoms with Crippen molar-refractivity contribution in [2.75, 3.05) is 18.5 Å². The molecule has 2 bridgehead atoms. The van der Waals surface area contributed by atoms with Crippen LogP contribution in [0, 0.1) is 0 Å². The lowest BCUT2D eigenvalue weighted by Crippen LogP contribution is -2.50. The summed E-state index contributed by atoms with van der Waals surface area (Å²) in [5.74, 6) is -0.182. The molecule has 0 radical (unpaired) electrons. The first-order valence-electron chi connectivity index (χ1n) is 11.1. The molecule has 1 unspecified atom stereocenters. The molecule has 3 atom stereocenters. The lowest BCUT2D eigenvalue weighted by molar-refractivity contribution is -0.124. The van der Waals surface area contributed by atoms with Gasteiger partial charge in [-0.25, -0.2) is 0 Å². The van der Waals surface area contributed by atoms with Crippen LogP contribution in [0.25, 0.3) is 0 Å². The van der Waals surface area contributed by atoms with Gasteiger partial charge in [-0.15, -0.1) is 0 Å². The number of fused-ring (bicyclic) bond motifs is 2. The average Bonchev–Trinajstić information content (AvgIpc) is 3.02. The molecule has 2 aliphatic rings. The first-order chi connectivity index (χ1) is 15.9. The fourth-order valence-corrected chi connectivity index (χ4v) is 5.09. The number of carbonyl (C=O) groups excluding carboxylic acids is 2. The van der Waals surface area contributed by atoms with Crippen LogP contribution in [-0.2, 0) is 16.1 Å². The molecule has 2 fully saturated rings. The molecule has 2 amide bonds. The highest BCUT2D eigenvalue weighted by atomic mass is 35.5. The Hall–Kier alpha value is -2.32. The van der Waals surface area contributed by atoms with Crippen molar-refractivity contribution in [3.8, 4) is 5.75 Å². The van der Waals surface area contributed by atoms with Gasteiger partial charge in [0.2, 0.25) is 5.91 Å². The zero-order chi connectivity index (χ0) is 23.4. The molecule has 0 aliphatic carbocycles. The molecule has 2 aliphatic heterocycles. The van der Waals surface area contributed by atoms with Crippen molar-refractivity contribution in [2.45, 2.75) is 50.4 Å². The number of ether oxygens (including phenoxy) is 1. The second kappa shape index (κ2) is 10.7. The third-order valence-corrected chi connectivity index (χ3v) is 6.77. The average molecular weight is 491 g/mol. The highest BCUT2D eigenvalue weighted by Crippen LogP contribution is 2.37. The minimum atomic E-state index is -0.368. The zero-order valence-electron chi connectivity index (χ0n) is 18.2. The molecular weight excluding hydrogens is 463 g/mol. The smallest absolute Gasteiger partial charge is 0.258 e. The van der Waals surface area contributed by atoms with E-state index < -0.39 is 0 Å². The molecule has 0 aromatic heterocycles. The van der Waals surface area contributed by atoms with Crippen molar-refractivity contribution < 1.29 is 14.3 Å². The van der Waals surface area contributed by atoms with Crippen LogP contribution in [0.4, 0.5) is 5.69 Å². The lowest BCUT2D eigenvalue weighted by Gasteiger charge is -2.39. The van der Waals surface area contributed by atoms with Crippen molar-refractivity contribution in [3.63, 3.8) is 0 Å². The number of nitrogens with one attached hydrogen (secondary N) is 2. The quantitative estimate of drug-likeness (QED) is 0.525. The van der Waals surface area contributed by atoms with Gasteiger partial charge in [0.05, 0.1) is 12.2 Å². The van der Waals surface area contributed by atoms with Gasteiger partial charge in [0.25, 0.3) is 5.91 Å². The molecule has 176 valence electrons. The topological polar surface area (TPSA) is 96.7 Å². The summed E-state index contributed by atoms with van der Waals surface area (Å²) < 4.78 is 5.67. The standard InChI is InChI=1S/C24H28Cl2N4O3/c25-16-3-1-15(2-4-16)13-30-19-6-7-20(30)11-18(10-19)28-24(32)14-33-22-8-5-17(26)9-21(22)29-23(31)12-27/h1-5,8-9,18-20H,6-7,10-14,27H2,(H,28,32)(H,29,31)/t18?,19-,20+. The Morgan fingerprint density at radius 3 is 2.33 bits per heavy atom. The summed E-state index contributed by atoms with van der Waals surface area (Å²) in [5.41, 5.74) is 7.01. The van der Waals surface area contributed by atoms with Gasteiger partial charge in [0.1, 0.15) is 5.75 Å². The van der Waals surface area contributed by atoms with Crippen LogP contribution in [0.5, 0.6) is 5.75 Å². The minimum Gasteiger partial charge on any atom is -0.482 e. The molecule has 2 aromatic carbocycles. The second-order valence-electron chi connectivity index (χ2n) is 8.60. The summed E-state index contributed by atoms with van der Waals surface area (Å²) in [7, 11) is 0. The largest absolute Gasteiger partial charge is 0.482 e. The first kappa shape index (κ1) is 23.8. The van der Waals surface area contributed by atoms with Gasteiger partial charge in [-0.2, -0.15) is 0 Å². The number of nitrogens with zero attached hydrogens (tertiary/aromatic N) is 1. The molecule has 2 saturated heterocycles. The summed E-state index contributed by atoms with van der Waals surface area (Å²) in [6.07, 6.45) is 4.15. The summed E-state index contributed by atoms with van der Waals surface area (Å²) in [6.45, 7) is 0.600. The van der Waals surface area contributed by atoms with Gasteiger partial charge >= 0.3 is 0 Å². The minimum absolute atomic E-state index is 0.127. The number of carbonyl (C=O) groups is 2. The van der Waals surface area contributed by atoms with Crippen LogP contribution < -0.4 is 21.1 Å². The van der Waals surface area contributed by atoms with Crippen LogP contribution in [-0.4, -0.2) is 48.0 Å². The van der Waals surface area contributed by atoms with Gasteiger partial charge < -0.3 is 21.1 Å². The Balaban J connectivity index is 1.29. The predicted octanol–water partition coefficient (Wildman–Crippen LogP) is 3.58. The monoisotopic (exact) mass is 490 g/mol. The summed E-state index contributed by atoms with van der Waals surface area (Å²) in [4.78, 5) is 26.8. The van der Waals surface area contributed by atoms with Crippen LogP contribution in [0.3, 0.4) is 0 Å². The lowest BCUT2D eigenvalue weighted by atomic mass is 9.96. The molecule has 33 heavy (non-hydrogen) atoms. The number of amides is 2. The Morgan fingerprint density at radius 2 is 1.67 bits per heavy atom. The maximum absolute atomic E-state index is 12.6. The van der Waals surface area contributed by atoms with E-state index in [-0.39, 0.29) is 31.0 Å². The normalized spacial score (nSPS) is 22.1. The van der Waals surface area contributed by atoms with E-state index in [1.165, 1.54) is 5.56 Å². The van der Waals surface area contributed by atoms with Crippen LogP contribution >= 0.6 is 23.2 Å². The number of hydrogen-bond acceptors (Lipinski definition) is 5. The van der Waals surface area contributed by atoms with Crippen molar-refractivity contribution in [1.29, 1.82) is 0 Å². The van der Waals surface area contributed by atoms with E-state index in [9.17, 15) is 9.59 Å². The number of anilines is 1. The van der Waals surface area contributed by atoms with Crippen molar-refractivity contribution >= 4 is 40.7 Å². The van der Waals surface area contributed by atoms with Crippen molar-refractivity contribution in [2.24, 2.45) is 5.73 Å². The molecule has 2 heterocycles. The van der Waals surface area contributed by atoms with Crippen molar-refractivity contribution in [1.82, 2.24) is 10.2 Å². The third-order valence-electron chi connectivity index (χ3n) is 6.29.